The Hall–Kier alpha value is -0.500. The molecule has 50 valence electrons. The van der Waals surface area contributed by atoms with Crippen LogP contribution in [0.15, 0.2) is 10.7 Å². The van der Waals surface area contributed by atoms with Crippen LogP contribution in [0.5, 0.6) is 0 Å². The number of alkyl halides is 1. The average Bonchev–Trinajstić information content (AvgIpc) is 2.34. The van der Waals surface area contributed by atoms with Crippen LogP contribution in [0, 0.1) is 0 Å². The Balaban J connectivity index is 2.74. The van der Waals surface area contributed by atoms with Crippen molar-refractivity contribution in [3.05, 3.63) is 17.8 Å². The van der Waals surface area contributed by atoms with E-state index in [0.717, 1.165) is 18.0 Å². The van der Waals surface area contributed by atoms with Crippen molar-refractivity contribution < 1.29 is 4.42 Å². The second-order valence-electron chi connectivity index (χ2n) is 1.72. The molecule has 0 radical (unpaired) electrons. The van der Waals surface area contributed by atoms with Gasteiger partial charge in [-0.1, -0.05) is 6.92 Å². The minimum absolute atomic E-state index is 0.434. The van der Waals surface area contributed by atoms with Crippen LogP contribution in [-0.2, 0) is 12.3 Å². The summed E-state index contributed by atoms with van der Waals surface area (Å²) in [5.41, 5.74) is 0.813. The average molecular weight is 146 g/mol. The van der Waals surface area contributed by atoms with Crippen LogP contribution in [0.4, 0.5) is 0 Å². The summed E-state index contributed by atoms with van der Waals surface area (Å²) < 4.78 is 5.01. The second-order valence-corrected chi connectivity index (χ2v) is 1.99. The lowest BCUT2D eigenvalue weighted by Gasteiger charge is -1.79. The highest BCUT2D eigenvalue weighted by atomic mass is 35.5. The SMILES string of the molecule is CCc1nc(CCl)co1. The molecule has 0 saturated heterocycles. The summed E-state index contributed by atoms with van der Waals surface area (Å²) in [7, 11) is 0. The quantitative estimate of drug-likeness (QED) is 0.595. The van der Waals surface area contributed by atoms with Crippen molar-refractivity contribution in [1.29, 1.82) is 0 Å². The normalized spacial score (nSPS) is 10.0. The van der Waals surface area contributed by atoms with Crippen LogP contribution >= 0.6 is 11.6 Å². The fraction of sp³-hybridized carbons (Fsp3) is 0.500. The first-order valence-corrected chi connectivity index (χ1v) is 3.39. The molecule has 0 spiro atoms. The van der Waals surface area contributed by atoms with Gasteiger partial charge in [0.2, 0.25) is 0 Å². The molecule has 2 nitrogen and oxygen atoms in total. The topological polar surface area (TPSA) is 26.0 Å². The molecule has 0 fully saturated rings. The Morgan fingerprint density at radius 3 is 2.89 bits per heavy atom. The first-order chi connectivity index (χ1) is 4.36. The third kappa shape index (κ3) is 1.45. The maximum Gasteiger partial charge on any atom is 0.193 e. The molecule has 0 bridgehead atoms. The zero-order valence-electron chi connectivity index (χ0n) is 5.22. The number of rotatable bonds is 2. The molecule has 1 aromatic heterocycles. The minimum Gasteiger partial charge on any atom is -0.449 e. The van der Waals surface area contributed by atoms with Gasteiger partial charge in [0, 0.05) is 6.42 Å². The molecule has 0 N–H and O–H groups in total. The Bertz CT molecular complexity index is 166. The molecule has 9 heavy (non-hydrogen) atoms. The molecular formula is C6H8ClNO. The van der Waals surface area contributed by atoms with Gasteiger partial charge < -0.3 is 4.42 Å². The highest BCUT2D eigenvalue weighted by molar-refractivity contribution is 6.16. The Kier molecular flexibility index (Phi) is 2.11. The van der Waals surface area contributed by atoms with Crippen LogP contribution in [0.1, 0.15) is 18.5 Å². The van der Waals surface area contributed by atoms with Crippen LogP contribution in [-0.4, -0.2) is 4.98 Å². The molecule has 0 saturated carbocycles. The van der Waals surface area contributed by atoms with Gasteiger partial charge in [-0.05, 0) is 0 Å². The number of aryl methyl sites for hydroxylation is 1. The highest BCUT2D eigenvalue weighted by Gasteiger charge is 1.97. The number of hydrogen-bond acceptors (Lipinski definition) is 2. The van der Waals surface area contributed by atoms with E-state index in [1.54, 1.807) is 6.26 Å². The first kappa shape index (κ1) is 6.62. The molecule has 1 heterocycles. The number of hydrogen-bond donors (Lipinski definition) is 0. The van der Waals surface area contributed by atoms with Crippen molar-refractivity contribution in [1.82, 2.24) is 4.98 Å². The molecule has 3 heteroatoms. The van der Waals surface area contributed by atoms with E-state index in [4.69, 9.17) is 16.0 Å². The van der Waals surface area contributed by atoms with Crippen molar-refractivity contribution in [3.8, 4) is 0 Å². The monoisotopic (exact) mass is 145 g/mol. The molecule has 0 unspecified atom stereocenters. The van der Waals surface area contributed by atoms with E-state index in [1.165, 1.54) is 0 Å². The van der Waals surface area contributed by atoms with Crippen LogP contribution in [0.3, 0.4) is 0 Å². The van der Waals surface area contributed by atoms with Crippen LogP contribution in [0.2, 0.25) is 0 Å². The fourth-order valence-corrected chi connectivity index (χ4v) is 0.695. The summed E-state index contributed by atoms with van der Waals surface area (Å²) in [6, 6.07) is 0. The van der Waals surface area contributed by atoms with Gasteiger partial charge in [-0.25, -0.2) is 4.98 Å². The highest BCUT2D eigenvalue weighted by Crippen LogP contribution is 2.04. The second kappa shape index (κ2) is 2.87. The smallest absolute Gasteiger partial charge is 0.193 e. The Labute approximate surface area is 58.8 Å². The molecule has 1 rings (SSSR count). The predicted molar refractivity (Wildman–Crippen MR) is 35.4 cm³/mol. The van der Waals surface area contributed by atoms with Crippen molar-refractivity contribution in [3.63, 3.8) is 0 Å². The lowest BCUT2D eigenvalue weighted by Crippen LogP contribution is -1.79. The van der Waals surface area contributed by atoms with Gasteiger partial charge in [0.05, 0.1) is 11.6 Å². The summed E-state index contributed by atoms with van der Waals surface area (Å²) in [6.07, 6.45) is 2.42. The molecule has 0 amide bonds. The number of aromatic nitrogens is 1. The van der Waals surface area contributed by atoms with Crippen molar-refractivity contribution >= 4 is 11.6 Å². The van der Waals surface area contributed by atoms with Crippen LogP contribution in [0.25, 0.3) is 0 Å². The van der Waals surface area contributed by atoms with Crippen molar-refractivity contribution in [2.45, 2.75) is 19.2 Å². The number of halogens is 1. The predicted octanol–water partition coefficient (Wildman–Crippen LogP) is 1.98. The zero-order chi connectivity index (χ0) is 6.69. The van der Waals surface area contributed by atoms with Gasteiger partial charge in [-0.2, -0.15) is 0 Å². The molecule has 0 aliphatic carbocycles. The van der Waals surface area contributed by atoms with E-state index in [-0.39, 0.29) is 0 Å². The maximum atomic E-state index is 5.47. The number of oxazole rings is 1. The largest absolute Gasteiger partial charge is 0.449 e. The Morgan fingerprint density at radius 2 is 2.56 bits per heavy atom. The van der Waals surface area contributed by atoms with Gasteiger partial charge in [-0.3, -0.25) is 0 Å². The zero-order valence-corrected chi connectivity index (χ0v) is 5.98. The van der Waals surface area contributed by atoms with Crippen LogP contribution < -0.4 is 0 Å². The molecular weight excluding hydrogens is 138 g/mol. The molecule has 0 aliphatic rings. The molecule has 0 aliphatic heterocycles. The summed E-state index contributed by atoms with van der Waals surface area (Å²) in [4.78, 5) is 4.05. The van der Waals surface area contributed by atoms with E-state index in [9.17, 15) is 0 Å². The molecule has 0 aromatic carbocycles. The van der Waals surface area contributed by atoms with E-state index in [2.05, 4.69) is 4.98 Å². The standard InChI is InChI=1S/C6H8ClNO/c1-2-6-8-5(3-7)4-9-6/h4H,2-3H2,1H3. The van der Waals surface area contributed by atoms with Crippen molar-refractivity contribution in [2.75, 3.05) is 0 Å². The van der Waals surface area contributed by atoms with Crippen molar-refractivity contribution in [2.24, 2.45) is 0 Å². The fourth-order valence-electron chi connectivity index (χ4n) is 0.573. The number of nitrogens with zero attached hydrogens (tertiary/aromatic N) is 1. The van der Waals surface area contributed by atoms with Gasteiger partial charge in [0.15, 0.2) is 5.89 Å². The van der Waals surface area contributed by atoms with Gasteiger partial charge in [0.25, 0.3) is 0 Å². The van der Waals surface area contributed by atoms with Gasteiger partial charge in [0.1, 0.15) is 6.26 Å². The van der Waals surface area contributed by atoms with Gasteiger partial charge in [-0.15, -0.1) is 11.6 Å². The molecule has 1 aromatic rings. The maximum absolute atomic E-state index is 5.47. The van der Waals surface area contributed by atoms with E-state index >= 15 is 0 Å². The van der Waals surface area contributed by atoms with Gasteiger partial charge >= 0.3 is 0 Å². The molecule has 0 atom stereocenters. The Morgan fingerprint density at radius 1 is 1.78 bits per heavy atom. The summed E-state index contributed by atoms with van der Waals surface area (Å²) >= 11 is 5.47. The van der Waals surface area contributed by atoms with E-state index in [0.29, 0.717) is 5.88 Å². The third-order valence-corrected chi connectivity index (χ3v) is 1.31. The van der Waals surface area contributed by atoms with E-state index < -0.39 is 0 Å². The summed E-state index contributed by atoms with van der Waals surface area (Å²) in [5, 5.41) is 0. The lowest BCUT2D eigenvalue weighted by molar-refractivity contribution is 0.501. The lowest BCUT2D eigenvalue weighted by atomic mass is 10.5. The minimum atomic E-state index is 0.434. The first-order valence-electron chi connectivity index (χ1n) is 2.86. The van der Waals surface area contributed by atoms with E-state index in [1.807, 2.05) is 6.92 Å². The summed E-state index contributed by atoms with van der Waals surface area (Å²) in [6.45, 7) is 1.99. The summed E-state index contributed by atoms with van der Waals surface area (Å²) in [5.74, 6) is 1.19. The third-order valence-electron chi connectivity index (χ3n) is 1.04.